The van der Waals surface area contributed by atoms with E-state index in [-0.39, 0.29) is 5.78 Å². The summed E-state index contributed by atoms with van der Waals surface area (Å²) in [5.41, 5.74) is 2.11. The second-order valence-electron chi connectivity index (χ2n) is 6.14. The van der Waals surface area contributed by atoms with Crippen LogP contribution in [0.15, 0.2) is 71.2 Å². The maximum atomic E-state index is 12.4. The van der Waals surface area contributed by atoms with Crippen LogP contribution in [-0.4, -0.2) is 12.9 Å². The zero-order chi connectivity index (χ0) is 20.8. The average Bonchev–Trinajstić information content (AvgIpc) is 2.70. The lowest BCUT2D eigenvalue weighted by Crippen LogP contribution is -1.99. The van der Waals surface area contributed by atoms with Crippen LogP contribution >= 0.6 is 39.1 Å². The molecule has 0 aromatic heterocycles. The Balaban J connectivity index is 1.76. The molecule has 0 amide bonds. The van der Waals surface area contributed by atoms with Gasteiger partial charge in [0.1, 0.15) is 18.1 Å². The Labute approximate surface area is 188 Å². The summed E-state index contributed by atoms with van der Waals surface area (Å²) in [6.45, 7) is 0.332. The number of carbonyl (C=O) groups excluding carboxylic acids is 1. The Kier molecular flexibility index (Phi) is 7.37. The number of methoxy groups -OCH3 is 1. The van der Waals surface area contributed by atoms with Crippen LogP contribution in [-0.2, 0) is 6.61 Å². The number of rotatable bonds is 7. The molecule has 0 aliphatic carbocycles. The van der Waals surface area contributed by atoms with Crippen LogP contribution in [0.2, 0.25) is 10.0 Å². The van der Waals surface area contributed by atoms with Crippen LogP contribution < -0.4 is 9.47 Å². The number of ketones is 1. The fourth-order valence-electron chi connectivity index (χ4n) is 2.68. The number of halogens is 3. The fourth-order valence-corrected chi connectivity index (χ4v) is 3.56. The maximum Gasteiger partial charge on any atom is 0.187 e. The van der Waals surface area contributed by atoms with E-state index in [1.54, 1.807) is 31.4 Å². The molecule has 0 heterocycles. The minimum absolute atomic E-state index is 0.200. The van der Waals surface area contributed by atoms with Gasteiger partial charge in [0.2, 0.25) is 0 Å². The molecule has 0 N–H and O–H groups in total. The van der Waals surface area contributed by atoms with E-state index < -0.39 is 0 Å². The van der Waals surface area contributed by atoms with Crippen molar-refractivity contribution in [3.63, 3.8) is 0 Å². The Hall–Kier alpha value is -2.27. The lowest BCUT2D eigenvalue weighted by atomic mass is 10.1. The van der Waals surface area contributed by atoms with Gasteiger partial charge in [0.15, 0.2) is 5.78 Å². The highest BCUT2D eigenvalue weighted by Gasteiger charge is 2.09. The molecule has 0 bridgehead atoms. The Morgan fingerprint density at radius 3 is 2.62 bits per heavy atom. The third-order valence-electron chi connectivity index (χ3n) is 4.12. The zero-order valence-corrected chi connectivity index (χ0v) is 18.6. The van der Waals surface area contributed by atoms with Gasteiger partial charge in [-0.05, 0) is 60.2 Å². The first-order valence-corrected chi connectivity index (χ1v) is 10.2. The van der Waals surface area contributed by atoms with E-state index in [1.807, 2.05) is 42.5 Å². The van der Waals surface area contributed by atoms with Crippen LogP contribution in [0.25, 0.3) is 6.08 Å². The monoisotopic (exact) mass is 490 g/mol. The van der Waals surface area contributed by atoms with Gasteiger partial charge < -0.3 is 9.47 Å². The van der Waals surface area contributed by atoms with Crippen LogP contribution in [0.4, 0.5) is 0 Å². The number of allylic oxidation sites excluding steroid dienone is 1. The predicted octanol–water partition coefficient (Wildman–Crippen LogP) is 7.24. The molecule has 0 saturated heterocycles. The van der Waals surface area contributed by atoms with Crippen molar-refractivity contribution in [1.82, 2.24) is 0 Å². The molecule has 0 fully saturated rings. The fraction of sp³-hybridized carbons (Fsp3) is 0.0870. The van der Waals surface area contributed by atoms with Crippen molar-refractivity contribution < 1.29 is 14.3 Å². The van der Waals surface area contributed by atoms with Gasteiger partial charge in [0.05, 0.1) is 12.1 Å². The molecule has 3 nitrogen and oxygen atoms in total. The van der Waals surface area contributed by atoms with Crippen molar-refractivity contribution in [3.8, 4) is 11.5 Å². The first-order valence-electron chi connectivity index (χ1n) is 8.69. The van der Waals surface area contributed by atoms with E-state index >= 15 is 0 Å². The summed E-state index contributed by atoms with van der Waals surface area (Å²) in [5.74, 6) is 1.26. The highest BCUT2D eigenvalue weighted by molar-refractivity contribution is 9.10. The minimum Gasteiger partial charge on any atom is -0.496 e. The normalized spacial score (nSPS) is 10.9. The molecule has 0 spiro atoms. The molecule has 3 aromatic carbocycles. The van der Waals surface area contributed by atoms with Gasteiger partial charge in [-0.3, -0.25) is 4.79 Å². The SMILES string of the molecule is COc1ccc(/C=C/C(=O)c2ccc(Cl)cc2Cl)cc1COc1cccc(Br)c1. The van der Waals surface area contributed by atoms with Gasteiger partial charge in [-0.25, -0.2) is 0 Å². The number of ether oxygens (including phenoxy) is 2. The molecule has 29 heavy (non-hydrogen) atoms. The summed E-state index contributed by atoms with van der Waals surface area (Å²) in [5, 5.41) is 0.811. The molecule has 3 aromatic rings. The molecule has 0 aliphatic heterocycles. The van der Waals surface area contributed by atoms with Gasteiger partial charge in [-0.2, -0.15) is 0 Å². The second kappa shape index (κ2) is 9.97. The summed E-state index contributed by atoms with van der Waals surface area (Å²) in [6.07, 6.45) is 3.21. The van der Waals surface area contributed by atoms with Crippen molar-refractivity contribution in [2.24, 2.45) is 0 Å². The van der Waals surface area contributed by atoms with Crippen LogP contribution in [0, 0.1) is 0 Å². The topological polar surface area (TPSA) is 35.5 Å². The molecule has 0 radical (unpaired) electrons. The Morgan fingerprint density at radius 2 is 1.90 bits per heavy atom. The highest BCUT2D eigenvalue weighted by atomic mass is 79.9. The van der Waals surface area contributed by atoms with E-state index in [1.165, 1.54) is 6.08 Å². The van der Waals surface area contributed by atoms with E-state index in [0.717, 1.165) is 21.3 Å². The molecular formula is C23H17BrCl2O3. The molecule has 0 atom stereocenters. The van der Waals surface area contributed by atoms with Gasteiger partial charge in [0, 0.05) is 20.6 Å². The standard InChI is InChI=1S/C23H17BrCl2O3/c1-28-23-10-6-15(5-9-22(27)20-8-7-18(25)13-21(20)26)11-16(23)14-29-19-4-2-3-17(24)12-19/h2-13H,14H2,1H3/b9-5+. The molecular weight excluding hydrogens is 475 g/mol. The van der Waals surface area contributed by atoms with Crippen molar-refractivity contribution in [1.29, 1.82) is 0 Å². The third kappa shape index (κ3) is 5.86. The van der Waals surface area contributed by atoms with E-state index in [0.29, 0.717) is 28.0 Å². The van der Waals surface area contributed by atoms with E-state index in [4.69, 9.17) is 32.7 Å². The Bertz CT molecular complexity index is 1060. The zero-order valence-electron chi connectivity index (χ0n) is 15.5. The third-order valence-corrected chi connectivity index (χ3v) is 5.16. The second-order valence-corrected chi connectivity index (χ2v) is 7.90. The number of hydrogen-bond donors (Lipinski definition) is 0. The van der Waals surface area contributed by atoms with E-state index in [2.05, 4.69) is 15.9 Å². The quantitative estimate of drug-likeness (QED) is 0.258. The van der Waals surface area contributed by atoms with Crippen molar-refractivity contribution >= 4 is 51.0 Å². The number of hydrogen-bond acceptors (Lipinski definition) is 3. The molecule has 0 aliphatic rings. The smallest absolute Gasteiger partial charge is 0.187 e. The summed E-state index contributed by atoms with van der Waals surface area (Å²) in [7, 11) is 1.61. The van der Waals surface area contributed by atoms with Crippen molar-refractivity contribution in [3.05, 3.63) is 97.9 Å². The van der Waals surface area contributed by atoms with Gasteiger partial charge in [-0.1, -0.05) is 57.3 Å². The van der Waals surface area contributed by atoms with Crippen molar-refractivity contribution in [2.75, 3.05) is 7.11 Å². The molecule has 6 heteroatoms. The first-order chi connectivity index (χ1) is 14.0. The van der Waals surface area contributed by atoms with Gasteiger partial charge >= 0.3 is 0 Å². The molecule has 148 valence electrons. The first kappa shape index (κ1) is 21.4. The average molecular weight is 492 g/mol. The lowest BCUT2D eigenvalue weighted by Gasteiger charge is -2.11. The summed E-state index contributed by atoms with van der Waals surface area (Å²) < 4.78 is 12.2. The van der Waals surface area contributed by atoms with Crippen molar-refractivity contribution in [2.45, 2.75) is 6.61 Å². The van der Waals surface area contributed by atoms with Gasteiger partial charge in [0.25, 0.3) is 0 Å². The molecule has 0 unspecified atom stereocenters. The number of carbonyl (C=O) groups is 1. The highest BCUT2D eigenvalue weighted by Crippen LogP contribution is 2.25. The lowest BCUT2D eigenvalue weighted by molar-refractivity contribution is 0.104. The molecule has 0 saturated carbocycles. The van der Waals surface area contributed by atoms with E-state index in [9.17, 15) is 4.79 Å². The van der Waals surface area contributed by atoms with Gasteiger partial charge in [-0.15, -0.1) is 0 Å². The molecule has 3 rings (SSSR count). The van der Waals surface area contributed by atoms with Crippen LogP contribution in [0.3, 0.4) is 0 Å². The summed E-state index contributed by atoms with van der Waals surface area (Å²) in [6, 6.07) is 18.1. The van der Waals surface area contributed by atoms with Crippen LogP contribution in [0.5, 0.6) is 11.5 Å². The maximum absolute atomic E-state index is 12.4. The Morgan fingerprint density at radius 1 is 1.07 bits per heavy atom. The predicted molar refractivity (Wildman–Crippen MR) is 121 cm³/mol. The minimum atomic E-state index is -0.200. The number of benzene rings is 3. The van der Waals surface area contributed by atoms with Crippen LogP contribution in [0.1, 0.15) is 21.5 Å². The summed E-state index contributed by atoms with van der Waals surface area (Å²) in [4.78, 5) is 12.4. The largest absolute Gasteiger partial charge is 0.496 e. The summed E-state index contributed by atoms with van der Waals surface area (Å²) >= 11 is 15.4.